The molecule has 0 heterocycles. The van der Waals surface area contributed by atoms with Gasteiger partial charge in [0.25, 0.3) is 5.91 Å². The van der Waals surface area contributed by atoms with Crippen LogP contribution in [0.4, 0.5) is 8.78 Å². The zero-order valence-corrected chi connectivity index (χ0v) is 18.3. The van der Waals surface area contributed by atoms with Gasteiger partial charge < -0.3 is 15.0 Å². The number of hydrogen-bond donors (Lipinski definition) is 1. The van der Waals surface area contributed by atoms with Crippen LogP contribution in [0.1, 0.15) is 18.1 Å². The van der Waals surface area contributed by atoms with E-state index in [0.717, 1.165) is 5.56 Å². The van der Waals surface area contributed by atoms with Crippen LogP contribution < -0.4 is 10.1 Å². The highest BCUT2D eigenvalue weighted by Crippen LogP contribution is 2.18. The first kappa shape index (κ1) is 23.9. The summed E-state index contributed by atoms with van der Waals surface area (Å²) < 4.78 is 32.8. The molecule has 0 aliphatic heterocycles. The fraction of sp³-hybridized carbons (Fsp3) is 0.231. The molecule has 3 rings (SSSR count). The van der Waals surface area contributed by atoms with Crippen molar-refractivity contribution < 1.29 is 23.1 Å². The number of hydrogen-bond acceptors (Lipinski definition) is 3. The summed E-state index contributed by atoms with van der Waals surface area (Å²) in [6.07, 6.45) is 0.277. The fourth-order valence-electron chi connectivity index (χ4n) is 3.42. The van der Waals surface area contributed by atoms with E-state index in [0.29, 0.717) is 12.1 Å². The number of likely N-dealkylation sites (N-methyl/N-ethyl adjacent to an activating group) is 1. The Bertz CT molecular complexity index is 1060. The molecule has 0 bridgehead atoms. The summed E-state index contributed by atoms with van der Waals surface area (Å²) in [5.74, 6) is -1.84. The Morgan fingerprint density at radius 1 is 0.909 bits per heavy atom. The van der Waals surface area contributed by atoms with Gasteiger partial charge in [-0.15, -0.1) is 0 Å². The number of para-hydroxylation sites is 1. The van der Waals surface area contributed by atoms with Crippen LogP contribution in [0.25, 0.3) is 0 Å². The second-order valence-electron chi connectivity index (χ2n) is 7.47. The number of nitrogens with one attached hydrogen (secondary N) is 1. The summed E-state index contributed by atoms with van der Waals surface area (Å²) >= 11 is 0. The Kier molecular flexibility index (Phi) is 8.52. The summed E-state index contributed by atoms with van der Waals surface area (Å²) in [7, 11) is 0. The van der Waals surface area contributed by atoms with Crippen molar-refractivity contribution in [1.29, 1.82) is 0 Å². The molecule has 172 valence electrons. The molecule has 0 saturated heterocycles. The quantitative estimate of drug-likeness (QED) is 0.504. The van der Waals surface area contributed by atoms with Crippen molar-refractivity contribution in [3.8, 4) is 5.75 Å². The molecule has 2 amide bonds. The molecule has 0 fully saturated rings. The first-order chi connectivity index (χ1) is 16.0. The molecule has 0 unspecified atom stereocenters. The Balaban J connectivity index is 1.89. The Morgan fingerprint density at radius 3 is 2.24 bits per heavy atom. The number of carbonyl (C=O) groups is 2. The highest BCUT2D eigenvalue weighted by Gasteiger charge is 2.30. The number of amides is 2. The van der Waals surface area contributed by atoms with E-state index >= 15 is 0 Å². The van der Waals surface area contributed by atoms with Crippen molar-refractivity contribution in [2.45, 2.75) is 25.9 Å². The molecular weight excluding hydrogens is 426 g/mol. The largest absolute Gasteiger partial charge is 0.481 e. The molecule has 1 atom stereocenters. The van der Waals surface area contributed by atoms with Gasteiger partial charge in [-0.1, -0.05) is 54.6 Å². The average molecular weight is 453 g/mol. The van der Waals surface area contributed by atoms with Crippen molar-refractivity contribution in [3.05, 3.63) is 102 Å². The van der Waals surface area contributed by atoms with Gasteiger partial charge in [0.1, 0.15) is 11.9 Å². The molecule has 0 saturated carbocycles. The monoisotopic (exact) mass is 452 g/mol. The van der Waals surface area contributed by atoms with Gasteiger partial charge in [0, 0.05) is 19.5 Å². The molecule has 0 spiro atoms. The lowest BCUT2D eigenvalue weighted by Crippen LogP contribution is -2.51. The van der Waals surface area contributed by atoms with Gasteiger partial charge in [-0.05, 0) is 42.3 Å². The molecule has 5 nitrogen and oxygen atoms in total. The topological polar surface area (TPSA) is 58.6 Å². The van der Waals surface area contributed by atoms with Gasteiger partial charge in [0.15, 0.2) is 18.2 Å². The second kappa shape index (κ2) is 11.8. The number of halogens is 2. The van der Waals surface area contributed by atoms with E-state index in [4.69, 9.17) is 4.74 Å². The van der Waals surface area contributed by atoms with Crippen molar-refractivity contribution in [3.63, 3.8) is 0 Å². The van der Waals surface area contributed by atoms with E-state index in [1.165, 1.54) is 35.2 Å². The Hall–Kier alpha value is -3.74. The van der Waals surface area contributed by atoms with Crippen LogP contribution in [0.15, 0.2) is 78.9 Å². The van der Waals surface area contributed by atoms with Gasteiger partial charge >= 0.3 is 0 Å². The number of carbonyl (C=O) groups excluding carboxylic acids is 2. The zero-order chi connectivity index (χ0) is 23.6. The average Bonchev–Trinajstić information content (AvgIpc) is 2.82. The maximum Gasteiger partial charge on any atom is 0.261 e. The fourth-order valence-corrected chi connectivity index (χ4v) is 3.42. The molecule has 0 radical (unpaired) electrons. The molecule has 33 heavy (non-hydrogen) atoms. The summed E-state index contributed by atoms with van der Waals surface area (Å²) in [6.45, 7) is 1.81. The third kappa shape index (κ3) is 6.87. The molecular formula is C26H26F2N2O3. The summed E-state index contributed by atoms with van der Waals surface area (Å²) in [5.41, 5.74) is 1.53. The Labute approximate surface area is 192 Å². The minimum Gasteiger partial charge on any atom is -0.481 e. The lowest BCUT2D eigenvalue weighted by atomic mass is 10.0. The molecule has 1 N–H and O–H groups in total. The predicted octanol–water partition coefficient (Wildman–Crippen LogP) is 4.12. The zero-order valence-electron chi connectivity index (χ0n) is 18.3. The van der Waals surface area contributed by atoms with Crippen LogP contribution >= 0.6 is 0 Å². The number of nitrogens with zero attached hydrogens (tertiary/aromatic N) is 1. The maximum atomic E-state index is 14.0. The van der Waals surface area contributed by atoms with Crippen LogP contribution in [0.3, 0.4) is 0 Å². The maximum absolute atomic E-state index is 14.0. The lowest BCUT2D eigenvalue weighted by Gasteiger charge is -2.31. The highest BCUT2D eigenvalue weighted by atomic mass is 19.1. The molecule has 0 aliphatic carbocycles. The normalized spacial score (nSPS) is 11.5. The van der Waals surface area contributed by atoms with E-state index in [2.05, 4.69) is 5.32 Å². The van der Waals surface area contributed by atoms with Crippen molar-refractivity contribution >= 4 is 11.8 Å². The molecule has 3 aromatic carbocycles. The third-order valence-electron chi connectivity index (χ3n) is 5.08. The van der Waals surface area contributed by atoms with E-state index in [-0.39, 0.29) is 24.6 Å². The second-order valence-corrected chi connectivity index (χ2v) is 7.47. The predicted molar refractivity (Wildman–Crippen MR) is 121 cm³/mol. The van der Waals surface area contributed by atoms with E-state index < -0.39 is 30.2 Å². The van der Waals surface area contributed by atoms with Crippen LogP contribution in [0, 0.1) is 11.6 Å². The van der Waals surface area contributed by atoms with Crippen LogP contribution in [0.2, 0.25) is 0 Å². The molecule has 0 aromatic heterocycles. The van der Waals surface area contributed by atoms with Gasteiger partial charge in [-0.25, -0.2) is 8.78 Å². The van der Waals surface area contributed by atoms with E-state index in [1.54, 1.807) is 25.1 Å². The van der Waals surface area contributed by atoms with Crippen LogP contribution in [0.5, 0.6) is 5.75 Å². The molecule has 3 aromatic rings. The summed E-state index contributed by atoms with van der Waals surface area (Å²) in [6, 6.07) is 20.0. The lowest BCUT2D eigenvalue weighted by molar-refractivity contribution is -0.142. The minimum atomic E-state index is -0.839. The number of benzene rings is 3. The van der Waals surface area contributed by atoms with Gasteiger partial charge in [0.2, 0.25) is 5.91 Å². The van der Waals surface area contributed by atoms with Crippen molar-refractivity contribution in [1.82, 2.24) is 10.2 Å². The van der Waals surface area contributed by atoms with Crippen molar-refractivity contribution in [2.24, 2.45) is 0 Å². The van der Waals surface area contributed by atoms with Gasteiger partial charge in [-0.2, -0.15) is 0 Å². The van der Waals surface area contributed by atoms with Crippen LogP contribution in [-0.4, -0.2) is 35.9 Å². The smallest absolute Gasteiger partial charge is 0.261 e. The van der Waals surface area contributed by atoms with Crippen molar-refractivity contribution in [2.75, 3.05) is 13.2 Å². The first-order valence-electron chi connectivity index (χ1n) is 10.7. The Morgan fingerprint density at radius 2 is 1.58 bits per heavy atom. The molecule has 7 heteroatoms. The van der Waals surface area contributed by atoms with E-state index in [9.17, 15) is 18.4 Å². The first-order valence-corrected chi connectivity index (χ1v) is 10.7. The number of rotatable bonds is 10. The van der Waals surface area contributed by atoms with Gasteiger partial charge in [0.05, 0.1) is 0 Å². The van der Waals surface area contributed by atoms with Crippen LogP contribution in [-0.2, 0) is 22.6 Å². The summed E-state index contributed by atoms with van der Waals surface area (Å²) in [5, 5.41) is 2.79. The summed E-state index contributed by atoms with van der Waals surface area (Å²) in [4.78, 5) is 27.7. The van der Waals surface area contributed by atoms with E-state index in [1.807, 2.05) is 30.3 Å². The minimum absolute atomic E-state index is 0.0507. The standard InChI is InChI=1S/C26H26F2N2O3/c1-2-29-26(32)23(16-19-8-4-3-5-9-19)30(17-20-12-14-21(27)15-13-20)25(31)18-33-24-11-7-6-10-22(24)28/h3-15,23H,2,16-18H2,1H3,(H,29,32)/t23-/m0/s1. The number of ether oxygens (including phenoxy) is 1. The molecule has 0 aliphatic rings. The highest BCUT2D eigenvalue weighted by molar-refractivity contribution is 5.88. The third-order valence-corrected chi connectivity index (χ3v) is 5.08. The van der Waals surface area contributed by atoms with Gasteiger partial charge in [-0.3, -0.25) is 9.59 Å². The SMILES string of the molecule is CCNC(=O)[C@H](Cc1ccccc1)N(Cc1ccc(F)cc1)C(=O)COc1ccccc1F.